The molecule has 3 N–H and O–H groups in total. The van der Waals surface area contributed by atoms with Crippen molar-refractivity contribution in [3.05, 3.63) is 0 Å². The average Bonchev–Trinajstić information content (AvgIpc) is 2.44. The fourth-order valence-electron chi connectivity index (χ4n) is 2.29. The number of carbonyl (C=O) groups is 1. The number of carbonyl (C=O) groups excluding carboxylic acids is 1. The Labute approximate surface area is 115 Å². The van der Waals surface area contributed by atoms with Crippen LogP contribution in [0.5, 0.6) is 0 Å². The Kier molecular flexibility index (Phi) is 7.25. The van der Waals surface area contributed by atoms with Gasteiger partial charge in [-0.2, -0.15) is 0 Å². The van der Waals surface area contributed by atoms with E-state index in [1.54, 1.807) is 7.05 Å². The van der Waals surface area contributed by atoms with Crippen molar-refractivity contribution in [1.29, 1.82) is 0 Å². The number of rotatable bonds is 5. The van der Waals surface area contributed by atoms with Crippen molar-refractivity contribution in [3.63, 3.8) is 0 Å². The van der Waals surface area contributed by atoms with Gasteiger partial charge in [0.05, 0.1) is 13.2 Å². The Morgan fingerprint density at radius 3 is 2.63 bits per heavy atom. The van der Waals surface area contributed by atoms with Crippen LogP contribution in [0.3, 0.4) is 0 Å². The molecule has 0 aromatic carbocycles. The number of amides is 1. The number of likely N-dealkylation sites (tertiary alicyclic amines) is 1. The van der Waals surface area contributed by atoms with Crippen LogP contribution in [0.4, 0.5) is 0 Å². The number of hydrogen-bond acceptors (Lipinski definition) is 3. The summed E-state index contributed by atoms with van der Waals surface area (Å²) in [6.45, 7) is 5.19. The summed E-state index contributed by atoms with van der Waals surface area (Å²) >= 11 is 0. The van der Waals surface area contributed by atoms with Gasteiger partial charge < -0.3 is 20.6 Å². The molecule has 1 aliphatic heterocycles. The molecule has 1 heterocycles. The lowest BCUT2D eigenvalue weighted by Crippen LogP contribution is -2.46. The van der Waals surface area contributed by atoms with Crippen LogP contribution in [0.15, 0.2) is 4.99 Å². The van der Waals surface area contributed by atoms with E-state index in [0.717, 1.165) is 38.4 Å². The summed E-state index contributed by atoms with van der Waals surface area (Å²) in [5.74, 6) is 1.46. The van der Waals surface area contributed by atoms with E-state index in [1.807, 2.05) is 6.92 Å². The molecular weight excluding hydrogens is 244 g/mol. The predicted octanol–water partition coefficient (Wildman–Crippen LogP) is -0.208. The first-order chi connectivity index (χ1) is 9.21. The summed E-state index contributed by atoms with van der Waals surface area (Å²) in [5, 5.41) is 14.8. The van der Waals surface area contributed by atoms with E-state index >= 15 is 0 Å². The molecule has 6 nitrogen and oxygen atoms in total. The minimum atomic E-state index is 0.0715. The summed E-state index contributed by atoms with van der Waals surface area (Å²) < 4.78 is 0. The first-order valence-electron chi connectivity index (χ1n) is 7.06. The van der Waals surface area contributed by atoms with Crippen LogP contribution in [0, 0.1) is 5.92 Å². The molecule has 0 aromatic rings. The lowest BCUT2D eigenvalue weighted by Gasteiger charge is -2.34. The summed E-state index contributed by atoms with van der Waals surface area (Å²) in [4.78, 5) is 17.9. The first kappa shape index (κ1) is 15.8. The second-order valence-corrected chi connectivity index (χ2v) is 4.77. The van der Waals surface area contributed by atoms with Crippen LogP contribution < -0.4 is 10.6 Å². The quantitative estimate of drug-likeness (QED) is 0.477. The minimum Gasteiger partial charge on any atom is -0.394 e. The summed E-state index contributed by atoms with van der Waals surface area (Å²) in [6, 6.07) is 0. The smallest absolute Gasteiger partial charge is 0.220 e. The average molecular weight is 270 g/mol. The van der Waals surface area contributed by atoms with Gasteiger partial charge in [-0.15, -0.1) is 0 Å². The zero-order chi connectivity index (χ0) is 14.1. The molecule has 1 saturated heterocycles. The highest BCUT2D eigenvalue weighted by Crippen LogP contribution is 2.20. The van der Waals surface area contributed by atoms with Gasteiger partial charge in [0.15, 0.2) is 5.96 Å². The zero-order valence-corrected chi connectivity index (χ0v) is 12.0. The minimum absolute atomic E-state index is 0.0715. The van der Waals surface area contributed by atoms with Crippen LogP contribution in [0.1, 0.15) is 26.2 Å². The van der Waals surface area contributed by atoms with Gasteiger partial charge in [-0.3, -0.25) is 9.79 Å². The van der Waals surface area contributed by atoms with Gasteiger partial charge in [0.2, 0.25) is 5.91 Å². The van der Waals surface area contributed by atoms with Gasteiger partial charge >= 0.3 is 0 Å². The summed E-state index contributed by atoms with van der Waals surface area (Å²) in [6.07, 6.45) is 2.64. The zero-order valence-electron chi connectivity index (χ0n) is 12.0. The van der Waals surface area contributed by atoms with Crippen LogP contribution in [0.2, 0.25) is 0 Å². The maximum absolute atomic E-state index is 11.4. The fourth-order valence-corrected chi connectivity index (χ4v) is 2.29. The topological polar surface area (TPSA) is 77.0 Å². The predicted molar refractivity (Wildman–Crippen MR) is 76.0 cm³/mol. The molecule has 0 spiro atoms. The number of piperidine rings is 1. The highest BCUT2D eigenvalue weighted by molar-refractivity contribution is 5.80. The molecule has 0 atom stereocenters. The number of guanidine groups is 1. The van der Waals surface area contributed by atoms with Crippen molar-refractivity contribution < 1.29 is 9.90 Å². The van der Waals surface area contributed by atoms with E-state index in [1.165, 1.54) is 0 Å². The third-order valence-corrected chi connectivity index (χ3v) is 3.36. The Hall–Kier alpha value is -1.30. The molecule has 1 fully saturated rings. The summed E-state index contributed by atoms with van der Waals surface area (Å²) in [5.41, 5.74) is 0. The molecule has 0 aromatic heterocycles. The normalized spacial score (nSPS) is 17.4. The number of hydrogen-bond donors (Lipinski definition) is 3. The highest BCUT2D eigenvalue weighted by atomic mass is 16.3. The van der Waals surface area contributed by atoms with Gasteiger partial charge in [0, 0.05) is 33.1 Å². The molecule has 1 rings (SSSR count). The van der Waals surface area contributed by atoms with Crippen LogP contribution in [-0.4, -0.2) is 61.7 Å². The molecule has 1 amide bonds. The van der Waals surface area contributed by atoms with Gasteiger partial charge in [-0.25, -0.2) is 0 Å². The molecular formula is C13H26N4O2. The Morgan fingerprint density at radius 1 is 1.42 bits per heavy atom. The number of aliphatic hydroxyl groups is 1. The molecule has 0 radical (unpaired) electrons. The van der Waals surface area contributed by atoms with Crippen molar-refractivity contribution in [1.82, 2.24) is 15.5 Å². The van der Waals surface area contributed by atoms with E-state index in [0.29, 0.717) is 18.9 Å². The van der Waals surface area contributed by atoms with Crippen molar-refractivity contribution in [3.8, 4) is 0 Å². The largest absolute Gasteiger partial charge is 0.394 e. The molecule has 0 saturated carbocycles. The van der Waals surface area contributed by atoms with Crippen molar-refractivity contribution in [2.75, 3.05) is 39.8 Å². The molecule has 6 heteroatoms. The summed E-state index contributed by atoms with van der Waals surface area (Å²) in [7, 11) is 1.68. The van der Waals surface area contributed by atoms with Gasteiger partial charge in [-0.1, -0.05) is 0 Å². The number of aliphatic hydroxyl groups excluding tert-OH is 1. The number of nitrogens with zero attached hydrogens (tertiary/aromatic N) is 2. The van der Waals surface area contributed by atoms with E-state index < -0.39 is 0 Å². The van der Waals surface area contributed by atoms with E-state index in [-0.39, 0.29) is 12.5 Å². The lowest BCUT2D eigenvalue weighted by molar-refractivity contribution is -0.121. The van der Waals surface area contributed by atoms with Crippen molar-refractivity contribution in [2.45, 2.75) is 26.2 Å². The maximum Gasteiger partial charge on any atom is 0.220 e. The fraction of sp³-hybridized carbons (Fsp3) is 0.846. The van der Waals surface area contributed by atoms with Crippen LogP contribution in [0.25, 0.3) is 0 Å². The van der Waals surface area contributed by atoms with E-state index in [9.17, 15) is 4.79 Å². The monoisotopic (exact) mass is 270 g/mol. The molecule has 0 unspecified atom stereocenters. The number of aliphatic imine (C=N–C) groups is 1. The van der Waals surface area contributed by atoms with Gasteiger partial charge in [-0.05, 0) is 25.7 Å². The maximum atomic E-state index is 11.4. The molecule has 110 valence electrons. The molecule has 1 aliphatic rings. The third-order valence-electron chi connectivity index (χ3n) is 3.36. The van der Waals surface area contributed by atoms with Gasteiger partial charge in [0.1, 0.15) is 0 Å². The van der Waals surface area contributed by atoms with E-state index in [2.05, 4.69) is 20.5 Å². The number of nitrogens with one attached hydrogen (secondary N) is 2. The second kappa shape index (κ2) is 8.74. The van der Waals surface area contributed by atoms with Crippen LogP contribution >= 0.6 is 0 Å². The Bertz CT molecular complexity index is 299. The molecule has 19 heavy (non-hydrogen) atoms. The van der Waals surface area contributed by atoms with Gasteiger partial charge in [0.25, 0.3) is 0 Å². The SMILES string of the molecule is CCNC(=NCCO)N1CCC(CC(=O)NC)CC1. The Morgan fingerprint density at radius 2 is 2.11 bits per heavy atom. The lowest BCUT2D eigenvalue weighted by atomic mass is 9.93. The Balaban J connectivity index is 2.44. The van der Waals surface area contributed by atoms with Crippen molar-refractivity contribution in [2.24, 2.45) is 10.9 Å². The molecule has 0 bridgehead atoms. The second-order valence-electron chi connectivity index (χ2n) is 4.77. The highest BCUT2D eigenvalue weighted by Gasteiger charge is 2.22. The van der Waals surface area contributed by atoms with E-state index in [4.69, 9.17) is 5.11 Å². The van der Waals surface area contributed by atoms with Crippen LogP contribution in [-0.2, 0) is 4.79 Å². The molecule has 0 aliphatic carbocycles. The standard InChI is InChI=1S/C13H26N4O2/c1-3-15-13(16-6-9-18)17-7-4-11(5-8-17)10-12(19)14-2/h11,18H,3-10H2,1-2H3,(H,14,19)(H,15,16). The first-order valence-corrected chi connectivity index (χ1v) is 7.06. The van der Waals surface area contributed by atoms with Crippen molar-refractivity contribution >= 4 is 11.9 Å². The third kappa shape index (κ3) is 5.46.